The van der Waals surface area contributed by atoms with Crippen LogP contribution in [0.25, 0.3) is 0 Å². The zero-order chi connectivity index (χ0) is 12.8. The predicted octanol–water partition coefficient (Wildman–Crippen LogP) is 2.17. The van der Waals surface area contributed by atoms with Crippen molar-refractivity contribution in [2.45, 2.75) is 54.0 Å². The molecule has 0 aliphatic rings. The Morgan fingerprint density at radius 3 is 2.12 bits per heavy atom. The summed E-state index contributed by atoms with van der Waals surface area (Å²) in [5.41, 5.74) is -0.289. The smallest absolute Gasteiger partial charge is 0.225 e. The van der Waals surface area contributed by atoms with E-state index in [0.717, 1.165) is 13.0 Å². The lowest BCUT2D eigenvalue weighted by Gasteiger charge is -2.22. The van der Waals surface area contributed by atoms with Crippen LogP contribution in [-0.2, 0) is 4.79 Å². The molecular weight excluding hydrogens is 200 g/mol. The summed E-state index contributed by atoms with van der Waals surface area (Å²) in [7, 11) is 0. The zero-order valence-electron chi connectivity index (χ0n) is 11.7. The quantitative estimate of drug-likeness (QED) is 0.684. The predicted molar refractivity (Wildman–Crippen MR) is 69.4 cm³/mol. The average molecular weight is 228 g/mol. The molecule has 0 fully saturated rings. The molecule has 1 unspecified atom stereocenters. The van der Waals surface area contributed by atoms with Crippen LogP contribution in [0.5, 0.6) is 0 Å². The van der Waals surface area contributed by atoms with E-state index in [-0.39, 0.29) is 11.3 Å². The van der Waals surface area contributed by atoms with Crippen LogP contribution in [0.4, 0.5) is 0 Å². The van der Waals surface area contributed by atoms with Gasteiger partial charge in [0.25, 0.3) is 0 Å². The molecule has 3 heteroatoms. The minimum atomic E-state index is -0.289. The van der Waals surface area contributed by atoms with E-state index in [0.29, 0.717) is 18.5 Å². The SMILES string of the molecule is CCC(NCCNC(=O)C(C)(C)C)C(C)C. The highest BCUT2D eigenvalue weighted by Crippen LogP contribution is 2.11. The summed E-state index contributed by atoms with van der Waals surface area (Å²) in [4.78, 5) is 11.6. The molecular formula is C13H28N2O. The standard InChI is InChI=1S/C13H28N2O/c1-7-11(10(2)3)14-8-9-15-12(16)13(4,5)6/h10-11,14H,7-9H2,1-6H3,(H,15,16). The van der Waals surface area contributed by atoms with Crippen molar-refractivity contribution in [3.05, 3.63) is 0 Å². The maximum atomic E-state index is 11.6. The molecule has 0 bridgehead atoms. The summed E-state index contributed by atoms with van der Waals surface area (Å²) < 4.78 is 0. The molecule has 0 rings (SSSR count). The number of carbonyl (C=O) groups excluding carboxylic acids is 1. The average Bonchev–Trinajstić information content (AvgIpc) is 2.15. The first kappa shape index (κ1) is 15.4. The Balaban J connectivity index is 3.72. The summed E-state index contributed by atoms with van der Waals surface area (Å²) in [5.74, 6) is 0.759. The fourth-order valence-corrected chi connectivity index (χ4v) is 1.55. The minimum absolute atomic E-state index is 0.117. The molecule has 0 aromatic carbocycles. The molecule has 0 heterocycles. The highest BCUT2D eigenvalue weighted by Gasteiger charge is 2.20. The Kier molecular flexibility index (Phi) is 6.65. The Morgan fingerprint density at radius 1 is 1.19 bits per heavy atom. The van der Waals surface area contributed by atoms with Crippen LogP contribution in [0, 0.1) is 11.3 Å². The first-order valence-electron chi connectivity index (χ1n) is 6.30. The fourth-order valence-electron chi connectivity index (χ4n) is 1.55. The van der Waals surface area contributed by atoms with Crippen LogP contribution in [0.15, 0.2) is 0 Å². The van der Waals surface area contributed by atoms with Gasteiger partial charge in [-0.2, -0.15) is 0 Å². The number of amides is 1. The van der Waals surface area contributed by atoms with E-state index in [4.69, 9.17) is 0 Å². The van der Waals surface area contributed by atoms with Gasteiger partial charge in [0.2, 0.25) is 5.91 Å². The van der Waals surface area contributed by atoms with Crippen molar-refractivity contribution in [1.82, 2.24) is 10.6 Å². The monoisotopic (exact) mass is 228 g/mol. The summed E-state index contributed by atoms with van der Waals surface area (Å²) in [5, 5.41) is 6.40. The molecule has 96 valence electrons. The van der Waals surface area contributed by atoms with E-state index in [1.165, 1.54) is 0 Å². The molecule has 0 aliphatic carbocycles. The molecule has 0 saturated heterocycles. The molecule has 0 aromatic heterocycles. The Labute approximate surface area is 100 Å². The van der Waals surface area contributed by atoms with Gasteiger partial charge in [-0.3, -0.25) is 4.79 Å². The van der Waals surface area contributed by atoms with Crippen LogP contribution in [0.2, 0.25) is 0 Å². The lowest BCUT2D eigenvalue weighted by atomic mass is 9.96. The van der Waals surface area contributed by atoms with Crippen molar-refractivity contribution < 1.29 is 4.79 Å². The Bertz CT molecular complexity index is 206. The summed E-state index contributed by atoms with van der Waals surface area (Å²) in [6.07, 6.45) is 1.13. The Morgan fingerprint density at radius 2 is 1.75 bits per heavy atom. The van der Waals surface area contributed by atoms with E-state index in [9.17, 15) is 4.79 Å². The molecule has 1 amide bonds. The third kappa shape index (κ3) is 6.11. The molecule has 3 nitrogen and oxygen atoms in total. The fraction of sp³-hybridized carbons (Fsp3) is 0.923. The maximum Gasteiger partial charge on any atom is 0.225 e. The van der Waals surface area contributed by atoms with Crippen LogP contribution < -0.4 is 10.6 Å². The van der Waals surface area contributed by atoms with Gasteiger partial charge in [-0.15, -0.1) is 0 Å². The first-order valence-corrected chi connectivity index (χ1v) is 6.30. The van der Waals surface area contributed by atoms with Gasteiger partial charge >= 0.3 is 0 Å². The summed E-state index contributed by atoms with van der Waals surface area (Å²) in [6.45, 7) is 14.0. The van der Waals surface area contributed by atoms with E-state index in [1.54, 1.807) is 0 Å². The van der Waals surface area contributed by atoms with Gasteiger partial charge in [-0.25, -0.2) is 0 Å². The minimum Gasteiger partial charge on any atom is -0.354 e. The van der Waals surface area contributed by atoms with Crippen LogP contribution in [-0.4, -0.2) is 25.0 Å². The van der Waals surface area contributed by atoms with Crippen molar-refractivity contribution in [3.8, 4) is 0 Å². The van der Waals surface area contributed by atoms with Gasteiger partial charge in [-0.05, 0) is 12.3 Å². The van der Waals surface area contributed by atoms with Crippen molar-refractivity contribution in [1.29, 1.82) is 0 Å². The largest absolute Gasteiger partial charge is 0.354 e. The molecule has 2 N–H and O–H groups in total. The second-order valence-electron chi connectivity index (χ2n) is 5.72. The number of rotatable bonds is 6. The van der Waals surface area contributed by atoms with E-state index in [1.807, 2.05) is 20.8 Å². The third-order valence-corrected chi connectivity index (χ3v) is 2.74. The number of hydrogen-bond acceptors (Lipinski definition) is 2. The van der Waals surface area contributed by atoms with Gasteiger partial charge in [0.15, 0.2) is 0 Å². The lowest BCUT2D eigenvalue weighted by molar-refractivity contribution is -0.128. The molecule has 0 spiro atoms. The van der Waals surface area contributed by atoms with Crippen LogP contribution >= 0.6 is 0 Å². The molecule has 0 saturated carbocycles. The zero-order valence-corrected chi connectivity index (χ0v) is 11.7. The first-order chi connectivity index (χ1) is 7.29. The van der Waals surface area contributed by atoms with Crippen molar-refractivity contribution in [2.75, 3.05) is 13.1 Å². The highest BCUT2D eigenvalue weighted by atomic mass is 16.2. The van der Waals surface area contributed by atoms with Crippen LogP contribution in [0.1, 0.15) is 48.0 Å². The van der Waals surface area contributed by atoms with Crippen molar-refractivity contribution >= 4 is 5.91 Å². The molecule has 16 heavy (non-hydrogen) atoms. The molecule has 0 radical (unpaired) electrons. The second-order valence-corrected chi connectivity index (χ2v) is 5.72. The molecule has 0 aromatic rings. The van der Waals surface area contributed by atoms with Crippen molar-refractivity contribution in [3.63, 3.8) is 0 Å². The number of nitrogens with one attached hydrogen (secondary N) is 2. The maximum absolute atomic E-state index is 11.6. The number of carbonyl (C=O) groups is 1. The molecule has 1 atom stereocenters. The van der Waals surface area contributed by atoms with Crippen LogP contribution in [0.3, 0.4) is 0 Å². The summed E-state index contributed by atoms with van der Waals surface area (Å²) >= 11 is 0. The van der Waals surface area contributed by atoms with Crippen molar-refractivity contribution in [2.24, 2.45) is 11.3 Å². The third-order valence-electron chi connectivity index (χ3n) is 2.74. The van der Waals surface area contributed by atoms with E-state index < -0.39 is 0 Å². The number of hydrogen-bond donors (Lipinski definition) is 2. The van der Waals surface area contributed by atoms with Gasteiger partial charge in [0.05, 0.1) is 0 Å². The van der Waals surface area contributed by atoms with Gasteiger partial charge in [-0.1, -0.05) is 41.5 Å². The van der Waals surface area contributed by atoms with E-state index in [2.05, 4.69) is 31.4 Å². The molecule has 0 aliphatic heterocycles. The lowest BCUT2D eigenvalue weighted by Crippen LogP contribution is -2.42. The summed E-state index contributed by atoms with van der Waals surface area (Å²) in [6, 6.07) is 0.548. The van der Waals surface area contributed by atoms with E-state index >= 15 is 0 Å². The normalized spacial score (nSPS) is 13.9. The topological polar surface area (TPSA) is 41.1 Å². The highest BCUT2D eigenvalue weighted by molar-refractivity contribution is 5.81. The van der Waals surface area contributed by atoms with Gasteiger partial charge < -0.3 is 10.6 Å². The van der Waals surface area contributed by atoms with Gasteiger partial charge in [0, 0.05) is 24.5 Å². The second kappa shape index (κ2) is 6.89. The Hall–Kier alpha value is -0.570. The van der Waals surface area contributed by atoms with Gasteiger partial charge in [0.1, 0.15) is 0 Å².